The SMILES string of the molecule is CCOC(=O)c1c(O)c2cc(F)c(F)c(OC)c2n(C2CC2)c1=S.CCOC(=O)c1c(S(C)(=O)=O)n(C2CC2)c2c(OC)c(F)c(F)cc2c1=O.COc1c(F)c(F)cc2c(=O)c3c(O)c(C#N)sc3n(C3CC3)c12. The van der Waals surface area contributed by atoms with Gasteiger partial charge in [0.05, 0.1) is 61.9 Å². The van der Waals surface area contributed by atoms with Crippen LogP contribution in [0.5, 0.6) is 28.7 Å². The Morgan fingerprint density at radius 3 is 1.51 bits per heavy atom. The lowest BCUT2D eigenvalue weighted by molar-refractivity contribution is 0.0510. The van der Waals surface area contributed by atoms with E-state index >= 15 is 0 Å². The van der Waals surface area contributed by atoms with Gasteiger partial charge in [-0.1, -0.05) is 12.2 Å². The Kier molecular flexibility index (Phi) is 14.7. The van der Waals surface area contributed by atoms with E-state index in [1.54, 1.807) is 11.5 Å². The number of thiophene rings is 1. The van der Waals surface area contributed by atoms with Crippen molar-refractivity contribution in [2.45, 2.75) is 75.5 Å². The van der Waals surface area contributed by atoms with E-state index in [9.17, 15) is 64.2 Å². The lowest BCUT2D eigenvalue weighted by Gasteiger charge is -2.20. The number of methoxy groups -OCH3 is 3. The topological polar surface area (TPSA) is 228 Å². The first-order chi connectivity index (χ1) is 35.5. The molecule has 0 amide bonds. The van der Waals surface area contributed by atoms with Crippen molar-refractivity contribution in [1.82, 2.24) is 13.7 Å². The van der Waals surface area contributed by atoms with Crippen molar-refractivity contribution in [3.8, 4) is 34.8 Å². The van der Waals surface area contributed by atoms with Crippen LogP contribution in [0.1, 0.15) is 96.1 Å². The Bertz CT molecular complexity index is 3950. The third kappa shape index (κ3) is 9.23. The van der Waals surface area contributed by atoms with Gasteiger partial charge in [0.25, 0.3) is 0 Å². The number of halogens is 6. The summed E-state index contributed by atoms with van der Waals surface area (Å²) in [5, 5.41) is 28.7. The van der Waals surface area contributed by atoms with Crippen LogP contribution in [0.3, 0.4) is 0 Å². The Morgan fingerprint density at radius 2 is 1.08 bits per heavy atom. The van der Waals surface area contributed by atoms with Crippen molar-refractivity contribution in [3.05, 3.63) is 94.2 Å². The summed E-state index contributed by atoms with van der Waals surface area (Å²) >= 11 is 6.28. The predicted molar refractivity (Wildman–Crippen MR) is 262 cm³/mol. The molecule has 0 spiro atoms. The fraction of sp³-hybridized carbons (Fsp3) is 0.347. The average molecular weight is 1110 g/mol. The van der Waals surface area contributed by atoms with Gasteiger partial charge in [-0.15, -0.1) is 11.3 Å². The summed E-state index contributed by atoms with van der Waals surface area (Å²) in [4.78, 5) is 50.6. The minimum absolute atomic E-state index is 0.00767. The van der Waals surface area contributed by atoms with Crippen molar-refractivity contribution >= 4 is 88.3 Å². The van der Waals surface area contributed by atoms with Crippen LogP contribution in [0.2, 0.25) is 0 Å². The molecule has 10 rings (SSSR count). The van der Waals surface area contributed by atoms with Gasteiger partial charge in [0.1, 0.15) is 42.7 Å². The maximum Gasteiger partial charge on any atom is 0.345 e. The second kappa shape index (κ2) is 20.4. The summed E-state index contributed by atoms with van der Waals surface area (Å²) in [7, 11) is -0.616. The highest BCUT2D eigenvalue weighted by Crippen LogP contribution is 2.48. The molecule has 0 bridgehead atoms. The third-order valence-electron chi connectivity index (χ3n) is 12.3. The summed E-state index contributed by atoms with van der Waals surface area (Å²) in [6.07, 6.45) is 5.08. The number of rotatable bonds is 11. The van der Waals surface area contributed by atoms with Crippen LogP contribution in [-0.2, 0) is 19.3 Å². The normalized spacial score (nSPS) is 14.2. The van der Waals surface area contributed by atoms with Crippen LogP contribution < -0.4 is 25.1 Å². The van der Waals surface area contributed by atoms with Crippen molar-refractivity contribution in [3.63, 3.8) is 0 Å². The number of carbonyl (C=O) groups is 2. The Labute approximate surface area is 429 Å². The van der Waals surface area contributed by atoms with Gasteiger partial charge in [-0.3, -0.25) is 9.59 Å². The molecule has 3 fully saturated rings. The molecule has 7 aromatic rings. The van der Waals surface area contributed by atoms with E-state index in [0.29, 0.717) is 23.7 Å². The van der Waals surface area contributed by atoms with Crippen molar-refractivity contribution in [2.24, 2.45) is 0 Å². The number of ether oxygens (including phenoxy) is 5. The van der Waals surface area contributed by atoms with Crippen molar-refractivity contribution in [2.75, 3.05) is 40.8 Å². The van der Waals surface area contributed by atoms with Crippen molar-refractivity contribution < 1.29 is 78.2 Å². The number of aromatic hydroxyl groups is 2. The average Bonchev–Trinajstić information content (AvgIpc) is 4.21. The van der Waals surface area contributed by atoms with Gasteiger partial charge in [0, 0.05) is 29.8 Å². The second-order valence-electron chi connectivity index (χ2n) is 17.3. The Morgan fingerprint density at radius 1 is 0.680 bits per heavy atom. The van der Waals surface area contributed by atoms with Crippen LogP contribution in [0.25, 0.3) is 42.9 Å². The first-order valence-electron chi connectivity index (χ1n) is 22.7. The molecule has 396 valence electrons. The Balaban J connectivity index is 0.000000150. The van der Waals surface area contributed by atoms with Gasteiger partial charge in [0.15, 0.2) is 55.3 Å². The van der Waals surface area contributed by atoms with E-state index in [0.717, 1.165) is 62.5 Å². The number of sulfone groups is 1. The predicted octanol–water partition coefficient (Wildman–Crippen LogP) is 9.49. The smallest absolute Gasteiger partial charge is 0.345 e. The molecule has 0 radical (unpaired) electrons. The molecule has 17 nitrogen and oxygen atoms in total. The maximum atomic E-state index is 14.3. The van der Waals surface area contributed by atoms with E-state index in [2.05, 4.69) is 0 Å². The standard InChI is InChI=1S/C17H17F2NO6S.C16H10F2N2O3S.C16H15F2NO4S/c1-4-26-17(22)11-14(21)9-7-10(18)12(19)15(25-2)13(9)20(8-5-6-8)16(11)27(3,23)24;1-23-15-11(18)8(17)4-7-12(15)20(6-2-3-6)16-10(13(7)21)14(22)9(5-19)24-16;1-3-23-16(21)10-13(20)8-6-9(17)11(18)14(22-2)12(8)19(15(10)24)7-4-5-7/h7-8H,4-6H2,1-3H3;4,6,22H,2-3H2,1H3;6-7,20H,3-5H2,1-2H3. The van der Waals surface area contributed by atoms with Crippen LogP contribution in [0.15, 0.2) is 32.8 Å². The highest BCUT2D eigenvalue weighted by Gasteiger charge is 2.39. The number of pyridine rings is 3. The first-order valence-corrected chi connectivity index (χ1v) is 25.8. The lowest BCUT2D eigenvalue weighted by Crippen LogP contribution is -2.28. The molecule has 0 saturated heterocycles. The molecule has 0 aliphatic heterocycles. The minimum Gasteiger partial charge on any atom is -0.506 e. The molecular weight excluding hydrogens is 1060 g/mol. The first kappa shape index (κ1) is 53.9. The molecule has 3 saturated carbocycles. The van der Waals surface area contributed by atoms with Crippen LogP contribution in [0, 0.1) is 50.9 Å². The zero-order chi connectivity index (χ0) is 54.9. The molecule has 0 atom stereocenters. The number of benzene rings is 3. The summed E-state index contributed by atoms with van der Waals surface area (Å²) in [5.74, 6) is -11.6. The molecule has 26 heteroatoms. The van der Waals surface area contributed by atoms with E-state index in [1.165, 1.54) is 30.3 Å². The maximum absolute atomic E-state index is 14.3. The number of hydrogen-bond acceptors (Lipinski definition) is 16. The number of nitriles is 1. The van der Waals surface area contributed by atoms with Crippen LogP contribution in [0.4, 0.5) is 26.3 Å². The van der Waals surface area contributed by atoms with Crippen LogP contribution in [-0.4, -0.2) is 85.1 Å². The second-order valence-corrected chi connectivity index (χ2v) is 20.6. The highest BCUT2D eigenvalue weighted by atomic mass is 32.2. The molecule has 2 N–H and O–H groups in total. The largest absolute Gasteiger partial charge is 0.506 e. The van der Waals surface area contributed by atoms with Crippen LogP contribution >= 0.6 is 23.6 Å². The quantitative estimate of drug-likeness (QED) is 0.0698. The van der Waals surface area contributed by atoms with E-state index in [-0.39, 0.29) is 90.0 Å². The van der Waals surface area contributed by atoms with E-state index in [4.69, 9.17) is 41.2 Å². The molecule has 75 heavy (non-hydrogen) atoms. The van der Waals surface area contributed by atoms with Gasteiger partial charge in [0.2, 0.25) is 28.3 Å². The molecule has 0 unspecified atom stereocenters. The monoisotopic (exact) mass is 1100 g/mol. The van der Waals surface area contributed by atoms with Gasteiger partial charge >= 0.3 is 11.9 Å². The fourth-order valence-corrected chi connectivity index (χ4v) is 11.4. The Hall–Kier alpha value is -7.37. The fourth-order valence-electron chi connectivity index (χ4n) is 8.77. The van der Waals surface area contributed by atoms with Crippen molar-refractivity contribution in [1.29, 1.82) is 5.26 Å². The van der Waals surface area contributed by atoms with E-state index < -0.39 is 101 Å². The van der Waals surface area contributed by atoms with Gasteiger partial charge < -0.3 is 47.6 Å². The summed E-state index contributed by atoms with van der Waals surface area (Å²) in [5.41, 5.74) is -2.55. The summed E-state index contributed by atoms with van der Waals surface area (Å²) in [6, 6.07) is 3.66. The zero-order valence-electron chi connectivity index (χ0n) is 40.3. The number of hydrogen-bond donors (Lipinski definition) is 2. The third-order valence-corrected chi connectivity index (χ3v) is 14.9. The minimum atomic E-state index is -4.10. The van der Waals surface area contributed by atoms with Gasteiger partial charge in [-0.05, 0) is 70.6 Å². The number of carbonyl (C=O) groups excluding carboxylic acids is 2. The number of nitrogens with zero attached hydrogens (tertiary/aromatic N) is 4. The van der Waals surface area contributed by atoms with Gasteiger partial charge in [-0.25, -0.2) is 31.2 Å². The molecular formula is C49H42F6N4O13S3. The number of esters is 2. The number of fused-ring (bicyclic) bond motifs is 4. The highest BCUT2D eigenvalue weighted by molar-refractivity contribution is 7.90. The molecule has 4 aromatic heterocycles. The summed E-state index contributed by atoms with van der Waals surface area (Å²) in [6.45, 7) is 3.11. The molecule has 3 aromatic carbocycles. The zero-order valence-corrected chi connectivity index (χ0v) is 42.7. The molecule has 3 aliphatic rings. The summed E-state index contributed by atoms with van der Waals surface area (Å²) < 4.78 is 138. The number of aromatic nitrogens is 3. The molecule has 3 aliphatic carbocycles. The molecule has 4 heterocycles. The van der Waals surface area contributed by atoms with Gasteiger partial charge in [-0.2, -0.15) is 18.4 Å². The lowest BCUT2D eigenvalue weighted by atomic mass is 10.1. The van der Waals surface area contributed by atoms with E-state index in [1.807, 2.05) is 6.07 Å².